The molecule has 37 heavy (non-hydrogen) atoms. The monoisotopic (exact) mass is 624 g/mol. The zero-order valence-corrected chi connectivity index (χ0v) is 22.6. The Kier molecular flexibility index (Phi) is 7.60. The largest absolute Gasteiger partial charge is 0.493 e. The highest BCUT2D eigenvalue weighted by molar-refractivity contribution is 9.10. The van der Waals surface area contributed by atoms with Gasteiger partial charge >= 0.3 is 16.1 Å². The standard InChI is InChI=1S/C24H15BrCl2N2O7S/c1-35-20-11-13(10-19(25)21(20)36-37(33,34)17-7-5-14(26)6-8-17)9-18-22(30)28-24(32)29(23(18)31)16-4-2-3-15(27)12-16/h2-12H,1H3,(H,28,30,32)/b18-9+. The number of methoxy groups -OCH3 is 1. The Morgan fingerprint density at radius 3 is 2.32 bits per heavy atom. The van der Waals surface area contributed by atoms with Crippen molar-refractivity contribution in [3.05, 3.63) is 86.3 Å². The lowest BCUT2D eigenvalue weighted by atomic mass is 10.1. The Morgan fingerprint density at radius 2 is 1.68 bits per heavy atom. The van der Waals surface area contributed by atoms with Gasteiger partial charge in [0, 0.05) is 10.0 Å². The number of rotatable bonds is 6. The van der Waals surface area contributed by atoms with Gasteiger partial charge in [-0.3, -0.25) is 14.9 Å². The van der Waals surface area contributed by atoms with Gasteiger partial charge in [-0.15, -0.1) is 0 Å². The number of carbonyl (C=O) groups excluding carboxylic acids is 3. The van der Waals surface area contributed by atoms with E-state index >= 15 is 0 Å². The molecule has 0 atom stereocenters. The molecule has 0 spiro atoms. The second-order valence-electron chi connectivity index (χ2n) is 7.46. The normalized spacial score (nSPS) is 15.1. The lowest BCUT2D eigenvalue weighted by molar-refractivity contribution is -0.122. The molecule has 1 fully saturated rings. The van der Waals surface area contributed by atoms with Crippen LogP contribution >= 0.6 is 39.1 Å². The lowest BCUT2D eigenvalue weighted by Gasteiger charge is -2.26. The van der Waals surface area contributed by atoms with Crippen molar-refractivity contribution < 1.29 is 31.7 Å². The highest BCUT2D eigenvalue weighted by atomic mass is 79.9. The van der Waals surface area contributed by atoms with E-state index in [1.165, 1.54) is 61.7 Å². The highest BCUT2D eigenvalue weighted by Crippen LogP contribution is 2.39. The quantitative estimate of drug-likeness (QED) is 0.227. The molecule has 190 valence electrons. The van der Waals surface area contributed by atoms with Crippen LogP contribution in [-0.2, 0) is 19.7 Å². The zero-order chi connectivity index (χ0) is 26.9. The minimum Gasteiger partial charge on any atom is -0.493 e. The summed E-state index contributed by atoms with van der Waals surface area (Å²) in [4.78, 5) is 38.7. The molecule has 1 N–H and O–H groups in total. The van der Waals surface area contributed by atoms with E-state index in [1.54, 1.807) is 12.1 Å². The number of benzene rings is 3. The van der Waals surface area contributed by atoms with Crippen LogP contribution in [0.5, 0.6) is 11.5 Å². The lowest BCUT2D eigenvalue weighted by Crippen LogP contribution is -2.54. The molecule has 3 aromatic carbocycles. The second kappa shape index (κ2) is 10.5. The summed E-state index contributed by atoms with van der Waals surface area (Å²) >= 11 is 15.1. The molecule has 1 heterocycles. The number of hydrogen-bond acceptors (Lipinski definition) is 7. The first kappa shape index (κ1) is 26.7. The molecule has 0 bridgehead atoms. The number of halogens is 3. The molecule has 1 saturated heterocycles. The molecule has 0 aliphatic carbocycles. The molecule has 4 rings (SSSR count). The third-order valence-electron chi connectivity index (χ3n) is 5.03. The highest BCUT2D eigenvalue weighted by Gasteiger charge is 2.37. The van der Waals surface area contributed by atoms with Crippen LogP contribution in [0.4, 0.5) is 10.5 Å². The smallest absolute Gasteiger partial charge is 0.339 e. The first-order valence-corrected chi connectivity index (χ1v) is 13.2. The number of anilines is 1. The number of amides is 4. The third-order valence-corrected chi connectivity index (χ3v) is 7.34. The SMILES string of the molecule is COc1cc(/C=C2\C(=O)NC(=O)N(c3cccc(Cl)c3)C2=O)cc(Br)c1OS(=O)(=O)c1ccc(Cl)cc1. The summed E-state index contributed by atoms with van der Waals surface area (Å²) in [5, 5.41) is 2.76. The average Bonchev–Trinajstić information content (AvgIpc) is 2.83. The first-order valence-electron chi connectivity index (χ1n) is 10.2. The average molecular weight is 626 g/mol. The van der Waals surface area contributed by atoms with Crippen LogP contribution in [0, 0.1) is 0 Å². The third kappa shape index (κ3) is 5.64. The van der Waals surface area contributed by atoms with Crippen molar-refractivity contribution in [3.63, 3.8) is 0 Å². The number of barbiturate groups is 1. The zero-order valence-electron chi connectivity index (χ0n) is 18.7. The van der Waals surface area contributed by atoms with E-state index in [-0.39, 0.29) is 37.7 Å². The molecule has 9 nitrogen and oxygen atoms in total. The van der Waals surface area contributed by atoms with Gasteiger partial charge in [0.25, 0.3) is 11.8 Å². The molecule has 13 heteroatoms. The number of nitrogens with zero attached hydrogens (tertiary/aromatic N) is 1. The summed E-state index contributed by atoms with van der Waals surface area (Å²) in [6.07, 6.45) is 1.23. The maximum absolute atomic E-state index is 13.1. The number of carbonyl (C=O) groups is 3. The fourth-order valence-electron chi connectivity index (χ4n) is 3.34. The summed E-state index contributed by atoms with van der Waals surface area (Å²) in [5.74, 6) is -1.95. The van der Waals surface area contributed by atoms with Gasteiger partial charge in [0.05, 0.1) is 17.3 Å². The van der Waals surface area contributed by atoms with Crippen LogP contribution in [-0.4, -0.2) is 33.4 Å². The second-order valence-corrected chi connectivity index (χ2v) is 10.7. The number of imide groups is 2. The number of hydrogen-bond donors (Lipinski definition) is 1. The van der Waals surface area contributed by atoms with E-state index < -0.39 is 28.0 Å². The Bertz CT molecular complexity index is 1570. The topological polar surface area (TPSA) is 119 Å². The molecule has 3 aromatic rings. The van der Waals surface area contributed by atoms with Crippen molar-refractivity contribution in [1.29, 1.82) is 0 Å². The molecular formula is C24H15BrCl2N2O7S. The Hall–Kier alpha value is -3.38. The van der Waals surface area contributed by atoms with Crippen molar-refractivity contribution in [1.82, 2.24) is 5.32 Å². The predicted octanol–water partition coefficient (Wildman–Crippen LogP) is 5.20. The van der Waals surface area contributed by atoms with E-state index in [2.05, 4.69) is 21.2 Å². The van der Waals surface area contributed by atoms with Gasteiger partial charge in [-0.05, 0) is 82.2 Å². The number of ether oxygens (including phenoxy) is 1. The summed E-state index contributed by atoms with van der Waals surface area (Å²) in [5.41, 5.74) is 0.0955. The maximum atomic E-state index is 13.1. The molecule has 0 aromatic heterocycles. The van der Waals surface area contributed by atoms with Crippen LogP contribution in [0.15, 0.2) is 75.6 Å². The molecule has 4 amide bonds. The van der Waals surface area contributed by atoms with E-state index in [4.69, 9.17) is 32.1 Å². The fraction of sp³-hybridized carbons (Fsp3) is 0.0417. The molecular weight excluding hydrogens is 611 g/mol. The van der Waals surface area contributed by atoms with Crippen molar-refractivity contribution in [3.8, 4) is 11.5 Å². The van der Waals surface area contributed by atoms with Crippen molar-refractivity contribution in [2.24, 2.45) is 0 Å². The summed E-state index contributed by atoms with van der Waals surface area (Å²) in [7, 11) is -2.96. The van der Waals surface area contributed by atoms with Crippen LogP contribution in [0.25, 0.3) is 6.08 Å². The van der Waals surface area contributed by atoms with E-state index in [9.17, 15) is 22.8 Å². The Morgan fingerprint density at radius 1 is 0.973 bits per heavy atom. The van der Waals surface area contributed by atoms with Crippen molar-refractivity contribution in [2.75, 3.05) is 12.0 Å². The summed E-state index contributed by atoms with van der Waals surface area (Å²) in [6.45, 7) is 0. The molecule has 1 aliphatic rings. The maximum Gasteiger partial charge on any atom is 0.339 e. The predicted molar refractivity (Wildman–Crippen MR) is 140 cm³/mol. The van der Waals surface area contributed by atoms with Gasteiger partial charge in [0.1, 0.15) is 10.5 Å². The molecule has 0 radical (unpaired) electrons. The van der Waals surface area contributed by atoms with Gasteiger partial charge in [-0.2, -0.15) is 8.42 Å². The van der Waals surface area contributed by atoms with Crippen LogP contribution < -0.4 is 19.1 Å². The van der Waals surface area contributed by atoms with Crippen molar-refractivity contribution >= 4 is 78.9 Å². The minimum absolute atomic E-state index is 0.00907. The molecule has 0 saturated carbocycles. The number of urea groups is 1. The Balaban J connectivity index is 1.70. The van der Waals surface area contributed by atoms with Crippen molar-refractivity contribution in [2.45, 2.75) is 4.90 Å². The summed E-state index contributed by atoms with van der Waals surface area (Å²) in [6, 6.07) is 13.3. The molecule has 0 unspecified atom stereocenters. The fourth-order valence-corrected chi connectivity index (χ4v) is 5.25. The van der Waals surface area contributed by atoms with Gasteiger partial charge in [-0.25, -0.2) is 9.69 Å². The van der Waals surface area contributed by atoms with E-state index in [1.807, 2.05) is 0 Å². The van der Waals surface area contributed by atoms with Gasteiger partial charge in [0.2, 0.25) is 0 Å². The number of nitrogens with one attached hydrogen (secondary N) is 1. The first-order chi connectivity index (χ1) is 17.5. The molecule has 1 aliphatic heterocycles. The minimum atomic E-state index is -4.25. The van der Waals surface area contributed by atoms with Crippen LogP contribution in [0.1, 0.15) is 5.56 Å². The Labute approximate surface area is 229 Å². The van der Waals surface area contributed by atoms with Crippen LogP contribution in [0.2, 0.25) is 10.0 Å². The van der Waals surface area contributed by atoms with E-state index in [0.717, 1.165) is 4.90 Å². The van der Waals surface area contributed by atoms with Crippen LogP contribution in [0.3, 0.4) is 0 Å². The van der Waals surface area contributed by atoms with Gasteiger partial charge in [0.15, 0.2) is 11.5 Å². The van der Waals surface area contributed by atoms with E-state index in [0.29, 0.717) is 10.0 Å². The van der Waals surface area contributed by atoms with Gasteiger partial charge < -0.3 is 8.92 Å². The summed E-state index contributed by atoms with van der Waals surface area (Å²) < 4.78 is 36.2. The van der Waals surface area contributed by atoms with Gasteiger partial charge in [-0.1, -0.05) is 29.3 Å².